The summed E-state index contributed by atoms with van der Waals surface area (Å²) in [5, 5.41) is 13.4. The van der Waals surface area contributed by atoms with E-state index in [1.807, 2.05) is 0 Å². The predicted octanol–water partition coefficient (Wildman–Crippen LogP) is 0.174. The highest BCUT2D eigenvalue weighted by Gasteiger charge is 2.19. The van der Waals surface area contributed by atoms with E-state index in [4.69, 9.17) is 18.0 Å². The monoisotopic (exact) mass is 222 g/mol. The molecular weight excluding hydrogens is 208 g/mol. The fourth-order valence-electron chi connectivity index (χ4n) is 0.938. The topological polar surface area (TPSA) is 78.4 Å². The molecule has 2 amide bonds. The lowest BCUT2D eigenvalue weighted by Crippen LogP contribution is -2.48. The summed E-state index contributed by atoms with van der Waals surface area (Å²) in [6, 6.07) is -2.15. The molecule has 86 valence electrons. The minimum Gasteiger partial charge on any atom is -0.480 e. The molecule has 0 fully saturated rings. The molecule has 16 heavy (non-hydrogen) atoms. The molecule has 0 rings (SSSR count). The Balaban J connectivity index is 4.27. The van der Waals surface area contributed by atoms with Crippen LogP contribution in [-0.2, 0) is 4.79 Å². The van der Waals surface area contributed by atoms with E-state index < -0.39 is 24.1 Å². The van der Waals surface area contributed by atoms with Crippen molar-refractivity contribution < 1.29 is 14.7 Å². The van der Waals surface area contributed by atoms with Crippen LogP contribution >= 0.6 is 0 Å². The number of terminal acetylenes is 2. The van der Waals surface area contributed by atoms with Gasteiger partial charge in [0.1, 0.15) is 6.04 Å². The van der Waals surface area contributed by atoms with E-state index in [1.165, 1.54) is 0 Å². The molecule has 0 aromatic carbocycles. The van der Waals surface area contributed by atoms with Crippen LogP contribution in [0.25, 0.3) is 0 Å². The van der Waals surface area contributed by atoms with Gasteiger partial charge in [-0.2, -0.15) is 0 Å². The lowest BCUT2D eigenvalue weighted by atomic mass is 10.2. The molecule has 0 saturated heterocycles. The van der Waals surface area contributed by atoms with Crippen molar-refractivity contribution in [1.82, 2.24) is 10.6 Å². The zero-order valence-electron chi connectivity index (χ0n) is 8.99. The molecule has 0 saturated carbocycles. The van der Waals surface area contributed by atoms with Gasteiger partial charge < -0.3 is 15.7 Å². The molecule has 0 bridgehead atoms. The zero-order valence-corrected chi connectivity index (χ0v) is 8.99. The molecular formula is C11H14N2O3. The zero-order chi connectivity index (χ0) is 12.6. The maximum atomic E-state index is 11.3. The van der Waals surface area contributed by atoms with Crippen molar-refractivity contribution in [2.45, 2.75) is 31.8 Å². The Morgan fingerprint density at radius 3 is 2.38 bits per heavy atom. The summed E-state index contributed by atoms with van der Waals surface area (Å²) < 4.78 is 0. The highest BCUT2D eigenvalue weighted by atomic mass is 16.4. The lowest BCUT2D eigenvalue weighted by Gasteiger charge is -2.15. The summed E-state index contributed by atoms with van der Waals surface area (Å²) in [6.07, 6.45) is 10.6. The van der Waals surface area contributed by atoms with Gasteiger partial charge in [-0.3, -0.25) is 0 Å². The normalized spacial score (nSPS) is 12.7. The first kappa shape index (κ1) is 13.9. The van der Waals surface area contributed by atoms with Gasteiger partial charge in [-0.25, -0.2) is 9.59 Å². The first-order chi connectivity index (χ1) is 7.54. The number of hydrogen-bond acceptors (Lipinski definition) is 2. The first-order valence-corrected chi connectivity index (χ1v) is 4.74. The van der Waals surface area contributed by atoms with E-state index in [2.05, 4.69) is 22.5 Å². The molecule has 0 aliphatic carbocycles. The van der Waals surface area contributed by atoms with Crippen LogP contribution in [0.4, 0.5) is 4.79 Å². The Hall–Kier alpha value is -2.14. The molecule has 3 N–H and O–H groups in total. The number of carboxylic acids is 1. The molecule has 0 heterocycles. The number of urea groups is 1. The number of hydrogen-bond donors (Lipinski definition) is 3. The van der Waals surface area contributed by atoms with Crippen molar-refractivity contribution >= 4 is 12.0 Å². The Morgan fingerprint density at radius 1 is 1.38 bits per heavy atom. The number of carbonyl (C=O) groups is 2. The molecule has 0 aliphatic heterocycles. The van der Waals surface area contributed by atoms with Crippen molar-refractivity contribution in [2.24, 2.45) is 0 Å². The number of aliphatic carboxylic acids is 1. The summed E-state index contributed by atoms with van der Waals surface area (Å²) in [7, 11) is 0. The minimum atomic E-state index is -1.18. The average molecular weight is 222 g/mol. The fourth-order valence-corrected chi connectivity index (χ4v) is 0.938. The number of nitrogens with one attached hydrogen (secondary N) is 2. The van der Waals surface area contributed by atoms with Gasteiger partial charge in [-0.05, 0) is 6.42 Å². The van der Waals surface area contributed by atoms with Crippen LogP contribution < -0.4 is 10.6 Å². The first-order valence-electron chi connectivity index (χ1n) is 4.74. The molecule has 0 aromatic heterocycles. The van der Waals surface area contributed by atoms with E-state index in [0.717, 1.165) is 0 Å². The second-order valence-electron chi connectivity index (χ2n) is 3.04. The maximum absolute atomic E-state index is 11.3. The van der Waals surface area contributed by atoms with Crippen molar-refractivity contribution in [3.8, 4) is 24.7 Å². The lowest BCUT2D eigenvalue weighted by molar-refractivity contribution is -0.139. The second-order valence-corrected chi connectivity index (χ2v) is 3.04. The molecule has 0 spiro atoms. The highest BCUT2D eigenvalue weighted by Crippen LogP contribution is 1.92. The standard InChI is InChI=1S/C11H14N2O3/c1-4-7-9(10(14)15)13-11(16)12-8(5-2)6-3/h1-2,8-9H,6-7H2,3H3,(H,14,15)(H2,12,13,16). The van der Waals surface area contributed by atoms with Crippen LogP contribution in [0.3, 0.4) is 0 Å². The van der Waals surface area contributed by atoms with Gasteiger partial charge in [-0.1, -0.05) is 12.8 Å². The van der Waals surface area contributed by atoms with Gasteiger partial charge in [-0.15, -0.1) is 18.8 Å². The van der Waals surface area contributed by atoms with E-state index in [1.54, 1.807) is 6.92 Å². The highest BCUT2D eigenvalue weighted by molar-refractivity contribution is 5.83. The quantitative estimate of drug-likeness (QED) is 0.580. The molecule has 0 aliphatic rings. The van der Waals surface area contributed by atoms with Crippen molar-refractivity contribution in [3.63, 3.8) is 0 Å². The smallest absolute Gasteiger partial charge is 0.327 e. The molecule has 0 aromatic rings. The van der Waals surface area contributed by atoms with Crippen LogP contribution in [0.2, 0.25) is 0 Å². The number of rotatable bonds is 5. The van der Waals surface area contributed by atoms with Crippen LogP contribution in [-0.4, -0.2) is 29.2 Å². The summed E-state index contributed by atoms with van der Waals surface area (Å²) in [4.78, 5) is 22.0. The van der Waals surface area contributed by atoms with Crippen LogP contribution in [0.1, 0.15) is 19.8 Å². The van der Waals surface area contributed by atoms with E-state index in [0.29, 0.717) is 6.42 Å². The van der Waals surface area contributed by atoms with Gasteiger partial charge >= 0.3 is 12.0 Å². The summed E-state index contributed by atoms with van der Waals surface area (Å²) >= 11 is 0. The van der Waals surface area contributed by atoms with Gasteiger partial charge in [0.05, 0.1) is 6.04 Å². The number of amides is 2. The molecule has 5 heteroatoms. The minimum absolute atomic E-state index is 0.0738. The SMILES string of the molecule is C#CCC(NC(=O)NC(C#C)CC)C(=O)O. The van der Waals surface area contributed by atoms with Crippen molar-refractivity contribution in [2.75, 3.05) is 0 Å². The summed E-state index contributed by atoms with van der Waals surface area (Å²) in [5.41, 5.74) is 0. The number of carbonyl (C=O) groups excluding carboxylic acids is 1. The summed E-state index contributed by atoms with van der Waals surface area (Å²) in [5.74, 6) is 3.35. The molecule has 2 atom stereocenters. The Bertz CT molecular complexity index is 338. The largest absolute Gasteiger partial charge is 0.480 e. The Kier molecular flexibility index (Phi) is 6.23. The summed E-state index contributed by atoms with van der Waals surface area (Å²) in [6.45, 7) is 1.81. The predicted molar refractivity (Wildman–Crippen MR) is 59.5 cm³/mol. The van der Waals surface area contributed by atoms with Crippen LogP contribution in [0.15, 0.2) is 0 Å². The average Bonchev–Trinajstić information content (AvgIpc) is 2.25. The molecule has 0 radical (unpaired) electrons. The van der Waals surface area contributed by atoms with E-state index >= 15 is 0 Å². The van der Waals surface area contributed by atoms with E-state index in [9.17, 15) is 9.59 Å². The van der Waals surface area contributed by atoms with Gasteiger partial charge in [0.25, 0.3) is 0 Å². The van der Waals surface area contributed by atoms with Crippen LogP contribution in [0, 0.1) is 24.7 Å². The Morgan fingerprint density at radius 2 is 2.00 bits per heavy atom. The van der Waals surface area contributed by atoms with Crippen molar-refractivity contribution in [3.05, 3.63) is 0 Å². The molecule has 5 nitrogen and oxygen atoms in total. The Labute approximate surface area is 94.6 Å². The third kappa shape index (κ3) is 4.92. The van der Waals surface area contributed by atoms with Gasteiger partial charge in [0, 0.05) is 6.42 Å². The third-order valence-corrected chi connectivity index (χ3v) is 1.84. The van der Waals surface area contributed by atoms with Crippen LogP contribution in [0.5, 0.6) is 0 Å². The van der Waals surface area contributed by atoms with Gasteiger partial charge in [0.2, 0.25) is 0 Å². The number of carboxylic acid groups (broad SMARTS) is 1. The van der Waals surface area contributed by atoms with Crippen molar-refractivity contribution in [1.29, 1.82) is 0 Å². The maximum Gasteiger partial charge on any atom is 0.327 e. The van der Waals surface area contributed by atoms with E-state index in [-0.39, 0.29) is 6.42 Å². The fraction of sp³-hybridized carbons (Fsp3) is 0.455. The third-order valence-electron chi connectivity index (χ3n) is 1.84. The van der Waals surface area contributed by atoms with Gasteiger partial charge in [0.15, 0.2) is 0 Å². The second kappa shape index (κ2) is 7.19. The molecule has 2 unspecified atom stereocenters.